The molecule has 0 aliphatic carbocycles. The molecule has 0 unspecified atom stereocenters. The third-order valence-corrected chi connectivity index (χ3v) is 3.38. The third kappa shape index (κ3) is 2.68. The molecule has 0 aromatic rings. The number of carbonyl (C=O) groups is 1. The number of likely N-dealkylation sites (tertiary alicyclic amines) is 1. The number of nitrogens with zero attached hydrogens (tertiary/aromatic N) is 1. The highest BCUT2D eigenvalue weighted by atomic mass is 19.1. The minimum Gasteiger partial charge on any atom is -0.342 e. The quantitative estimate of drug-likeness (QED) is 0.704. The van der Waals surface area contributed by atoms with Gasteiger partial charge in [0.25, 0.3) is 0 Å². The van der Waals surface area contributed by atoms with Gasteiger partial charge in [-0.15, -0.1) is 0 Å². The number of halogens is 1. The van der Waals surface area contributed by atoms with Crippen LogP contribution in [-0.2, 0) is 4.79 Å². The molecule has 0 aromatic heterocycles. The number of carbonyl (C=O) groups excluding carboxylic acids is 1. The Hall–Kier alpha value is -0.640. The first-order chi connectivity index (χ1) is 7.27. The zero-order valence-electron chi connectivity index (χ0n) is 9.04. The van der Waals surface area contributed by atoms with E-state index in [-0.39, 0.29) is 11.8 Å². The Bertz CT molecular complexity index is 221. The summed E-state index contributed by atoms with van der Waals surface area (Å²) in [5.41, 5.74) is 0. The van der Waals surface area contributed by atoms with Gasteiger partial charge in [0.05, 0.1) is 5.92 Å². The maximum absolute atomic E-state index is 12.9. The largest absolute Gasteiger partial charge is 0.342 e. The molecule has 2 saturated heterocycles. The molecule has 2 aliphatic rings. The third-order valence-electron chi connectivity index (χ3n) is 3.38. The summed E-state index contributed by atoms with van der Waals surface area (Å²) in [7, 11) is 0. The topological polar surface area (TPSA) is 32.3 Å². The Labute approximate surface area is 90.0 Å². The van der Waals surface area contributed by atoms with Crippen LogP contribution < -0.4 is 5.32 Å². The van der Waals surface area contributed by atoms with Gasteiger partial charge in [0.2, 0.25) is 5.91 Å². The zero-order chi connectivity index (χ0) is 10.7. The summed E-state index contributed by atoms with van der Waals surface area (Å²) in [6.45, 7) is 3.04. The number of rotatable bonds is 1. The average Bonchev–Trinajstić information content (AvgIpc) is 2.30. The van der Waals surface area contributed by atoms with E-state index >= 15 is 0 Å². The molecular weight excluding hydrogens is 195 g/mol. The molecule has 2 rings (SSSR count). The molecule has 2 heterocycles. The number of amides is 1. The molecule has 0 saturated carbocycles. The summed E-state index contributed by atoms with van der Waals surface area (Å²) in [5.74, 6) is 0.365. The Kier molecular flexibility index (Phi) is 3.57. The van der Waals surface area contributed by atoms with Crippen molar-refractivity contribution in [2.24, 2.45) is 5.92 Å². The predicted octanol–water partition coefficient (Wildman–Crippen LogP) is 0.946. The molecule has 0 spiro atoms. The fraction of sp³-hybridized carbons (Fsp3) is 0.909. The minimum atomic E-state index is -0.696. The Morgan fingerprint density at radius 1 is 1.27 bits per heavy atom. The fourth-order valence-electron chi connectivity index (χ4n) is 2.39. The van der Waals surface area contributed by atoms with E-state index in [2.05, 4.69) is 5.32 Å². The lowest BCUT2D eigenvalue weighted by molar-refractivity contribution is -0.137. The van der Waals surface area contributed by atoms with E-state index in [4.69, 9.17) is 0 Å². The second-order valence-corrected chi connectivity index (χ2v) is 4.54. The normalized spacial score (nSPS) is 29.1. The smallest absolute Gasteiger partial charge is 0.226 e. The van der Waals surface area contributed by atoms with Crippen LogP contribution in [0.25, 0.3) is 0 Å². The molecular formula is C11H19FN2O. The lowest BCUT2D eigenvalue weighted by atomic mass is 9.97. The predicted molar refractivity (Wildman–Crippen MR) is 56.3 cm³/mol. The van der Waals surface area contributed by atoms with E-state index in [1.54, 1.807) is 0 Å². The van der Waals surface area contributed by atoms with Crippen molar-refractivity contribution in [1.82, 2.24) is 10.2 Å². The number of nitrogens with one attached hydrogen (secondary N) is 1. The van der Waals surface area contributed by atoms with E-state index < -0.39 is 6.17 Å². The Morgan fingerprint density at radius 3 is 2.60 bits per heavy atom. The molecule has 86 valence electrons. The molecule has 15 heavy (non-hydrogen) atoms. The van der Waals surface area contributed by atoms with Crippen LogP contribution in [0.4, 0.5) is 4.39 Å². The molecule has 1 atom stereocenters. The molecule has 2 fully saturated rings. The van der Waals surface area contributed by atoms with Crippen molar-refractivity contribution in [3.8, 4) is 0 Å². The second-order valence-electron chi connectivity index (χ2n) is 4.54. The molecule has 3 nitrogen and oxygen atoms in total. The van der Waals surface area contributed by atoms with Gasteiger partial charge in [-0.1, -0.05) is 0 Å². The van der Waals surface area contributed by atoms with Crippen LogP contribution >= 0.6 is 0 Å². The highest BCUT2D eigenvalue weighted by Gasteiger charge is 2.28. The van der Waals surface area contributed by atoms with Crippen LogP contribution in [0.2, 0.25) is 0 Å². The van der Waals surface area contributed by atoms with Crippen molar-refractivity contribution in [2.45, 2.75) is 31.9 Å². The summed E-state index contributed by atoms with van der Waals surface area (Å²) < 4.78 is 12.9. The fourth-order valence-corrected chi connectivity index (χ4v) is 2.39. The Morgan fingerprint density at radius 2 is 2.00 bits per heavy atom. The van der Waals surface area contributed by atoms with Crippen LogP contribution in [0.1, 0.15) is 25.7 Å². The van der Waals surface area contributed by atoms with Crippen LogP contribution in [0, 0.1) is 5.92 Å². The van der Waals surface area contributed by atoms with Gasteiger partial charge in [-0.25, -0.2) is 4.39 Å². The van der Waals surface area contributed by atoms with Gasteiger partial charge in [-0.2, -0.15) is 0 Å². The first-order valence-electron chi connectivity index (χ1n) is 5.91. The first kappa shape index (κ1) is 10.9. The molecule has 0 radical (unpaired) electrons. The van der Waals surface area contributed by atoms with Gasteiger partial charge in [0, 0.05) is 19.6 Å². The van der Waals surface area contributed by atoms with Crippen molar-refractivity contribution < 1.29 is 9.18 Å². The van der Waals surface area contributed by atoms with Crippen molar-refractivity contribution in [1.29, 1.82) is 0 Å². The van der Waals surface area contributed by atoms with Crippen LogP contribution in [0.3, 0.4) is 0 Å². The number of hydrogen-bond acceptors (Lipinski definition) is 2. The molecule has 0 aromatic carbocycles. The van der Waals surface area contributed by atoms with Crippen molar-refractivity contribution in [3.05, 3.63) is 0 Å². The van der Waals surface area contributed by atoms with Crippen LogP contribution in [0.15, 0.2) is 0 Å². The highest BCUT2D eigenvalue weighted by Crippen LogP contribution is 2.18. The van der Waals surface area contributed by atoms with Crippen LogP contribution in [0.5, 0.6) is 0 Å². The molecule has 1 amide bonds. The van der Waals surface area contributed by atoms with Crippen molar-refractivity contribution in [3.63, 3.8) is 0 Å². The molecule has 1 N–H and O–H groups in total. The van der Waals surface area contributed by atoms with Gasteiger partial charge in [-0.05, 0) is 32.2 Å². The lowest BCUT2D eigenvalue weighted by Gasteiger charge is -2.33. The van der Waals surface area contributed by atoms with E-state index in [1.165, 1.54) is 0 Å². The second kappa shape index (κ2) is 4.92. The maximum Gasteiger partial charge on any atom is 0.226 e. The highest BCUT2D eigenvalue weighted by molar-refractivity contribution is 5.79. The Balaban J connectivity index is 1.84. The van der Waals surface area contributed by atoms with Gasteiger partial charge in [0.1, 0.15) is 6.17 Å². The van der Waals surface area contributed by atoms with Crippen molar-refractivity contribution >= 4 is 5.91 Å². The lowest BCUT2D eigenvalue weighted by Crippen LogP contribution is -2.46. The SMILES string of the molecule is O=C([C@H]1CCCNC1)N1CCC(F)CC1. The summed E-state index contributed by atoms with van der Waals surface area (Å²) in [4.78, 5) is 13.9. The number of hydrogen-bond donors (Lipinski definition) is 1. The maximum atomic E-state index is 12.9. The zero-order valence-corrected chi connectivity index (χ0v) is 9.04. The average molecular weight is 214 g/mol. The molecule has 2 aliphatic heterocycles. The number of piperidine rings is 2. The van der Waals surface area contributed by atoms with Crippen molar-refractivity contribution in [2.75, 3.05) is 26.2 Å². The molecule has 0 bridgehead atoms. The van der Waals surface area contributed by atoms with Gasteiger partial charge in [-0.3, -0.25) is 4.79 Å². The summed E-state index contributed by atoms with van der Waals surface area (Å²) in [6.07, 6.45) is 2.41. The van der Waals surface area contributed by atoms with Gasteiger partial charge in [0.15, 0.2) is 0 Å². The molecule has 4 heteroatoms. The van der Waals surface area contributed by atoms with E-state index in [0.29, 0.717) is 25.9 Å². The van der Waals surface area contributed by atoms with Gasteiger partial charge < -0.3 is 10.2 Å². The van der Waals surface area contributed by atoms with E-state index in [0.717, 1.165) is 25.9 Å². The summed E-state index contributed by atoms with van der Waals surface area (Å²) in [5, 5.41) is 3.24. The van der Waals surface area contributed by atoms with Crippen LogP contribution in [-0.4, -0.2) is 43.2 Å². The minimum absolute atomic E-state index is 0.134. The van der Waals surface area contributed by atoms with Gasteiger partial charge >= 0.3 is 0 Å². The number of alkyl halides is 1. The summed E-state index contributed by atoms with van der Waals surface area (Å²) in [6, 6.07) is 0. The first-order valence-corrected chi connectivity index (χ1v) is 5.91. The summed E-state index contributed by atoms with van der Waals surface area (Å²) >= 11 is 0. The van der Waals surface area contributed by atoms with E-state index in [1.807, 2.05) is 4.90 Å². The standard InChI is InChI=1S/C11H19FN2O/c12-10-3-6-14(7-4-10)11(15)9-2-1-5-13-8-9/h9-10,13H,1-8H2/t9-/m0/s1. The monoisotopic (exact) mass is 214 g/mol. The van der Waals surface area contributed by atoms with E-state index in [9.17, 15) is 9.18 Å².